The second-order valence-corrected chi connectivity index (χ2v) is 6.81. The molecule has 0 aromatic heterocycles. The summed E-state index contributed by atoms with van der Waals surface area (Å²) in [5, 5.41) is 9.28. The quantitative estimate of drug-likeness (QED) is 0.840. The van der Waals surface area contributed by atoms with Crippen molar-refractivity contribution < 1.29 is 19.1 Å². The first-order valence-corrected chi connectivity index (χ1v) is 8.42. The summed E-state index contributed by atoms with van der Waals surface area (Å²) in [5.74, 6) is -1.65. The molecule has 0 saturated carbocycles. The van der Waals surface area contributed by atoms with Crippen LogP contribution < -0.4 is 0 Å². The van der Waals surface area contributed by atoms with Gasteiger partial charge in [0.1, 0.15) is 18.4 Å². The number of carbonyl (C=O) groups is 2. The Balaban J connectivity index is 2.27. The first-order valence-electron chi connectivity index (χ1n) is 8.42. The minimum Gasteiger partial charge on any atom is -0.480 e. The highest BCUT2D eigenvalue weighted by molar-refractivity contribution is 5.86. The molecule has 25 heavy (non-hydrogen) atoms. The van der Waals surface area contributed by atoms with Crippen LogP contribution in [-0.4, -0.2) is 78.5 Å². The highest BCUT2D eigenvalue weighted by Crippen LogP contribution is 2.25. The maximum absolute atomic E-state index is 13.2. The van der Waals surface area contributed by atoms with Gasteiger partial charge in [-0.2, -0.15) is 0 Å². The molecule has 0 spiro atoms. The number of hydrogen-bond donors (Lipinski definition) is 1. The minimum atomic E-state index is -1.02. The van der Waals surface area contributed by atoms with Crippen LogP contribution in [0.15, 0.2) is 24.3 Å². The molecule has 0 bridgehead atoms. The lowest BCUT2D eigenvalue weighted by atomic mass is 9.99. The van der Waals surface area contributed by atoms with E-state index in [2.05, 4.69) is 4.90 Å². The fourth-order valence-electron chi connectivity index (χ4n) is 3.30. The molecule has 1 aliphatic heterocycles. The van der Waals surface area contributed by atoms with Crippen molar-refractivity contribution in [1.29, 1.82) is 0 Å². The molecule has 2 rings (SSSR count). The fraction of sp³-hybridized carbons (Fsp3) is 0.556. The van der Waals surface area contributed by atoms with E-state index in [4.69, 9.17) is 0 Å². The van der Waals surface area contributed by atoms with Gasteiger partial charge in [-0.1, -0.05) is 12.1 Å². The van der Waals surface area contributed by atoms with Gasteiger partial charge in [0.25, 0.3) is 0 Å². The molecule has 1 fully saturated rings. The number of nitrogens with zero attached hydrogens (tertiary/aromatic N) is 3. The van der Waals surface area contributed by atoms with E-state index < -0.39 is 12.0 Å². The molecule has 1 aromatic carbocycles. The van der Waals surface area contributed by atoms with Gasteiger partial charge in [0.05, 0.1) is 0 Å². The van der Waals surface area contributed by atoms with Crippen LogP contribution in [0.3, 0.4) is 0 Å². The van der Waals surface area contributed by atoms with Crippen LogP contribution in [0.5, 0.6) is 0 Å². The third-order valence-electron chi connectivity index (χ3n) is 4.65. The number of aliphatic carboxylic acids is 1. The molecule has 1 saturated heterocycles. The third kappa shape index (κ3) is 4.99. The van der Waals surface area contributed by atoms with Crippen LogP contribution in [0.2, 0.25) is 0 Å². The largest absolute Gasteiger partial charge is 0.480 e. The van der Waals surface area contributed by atoms with Gasteiger partial charge < -0.3 is 14.9 Å². The van der Waals surface area contributed by atoms with Crippen molar-refractivity contribution in [1.82, 2.24) is 14.7 Å². The van der Waals surface area contributed by atoms with Crippen molar-refractivity contribution in [2.45, 2.75) is 24.9 Å². The number of carboxylic acids is 1. The summed E-state index contributed by atoms with van der Waals surface area (Å²) >= 11 is 0. The Morgan fingerprint density at radius 3 is 2.28 bits per heavy atom. The lowest BCUT2D eigenvalue weighted by Crippen LogP contribution is -2.51. The predicted octanol–water partition coefficient (Wildman–Crippen LogP) is 1.44. The Labute approximate surface area is 147 Å². The van der Waals surface area contributed by atoms with E-state index in [1.54, 1.807) is 31.1 Å². The van der Waals surface area contributed by atoms with Crippen molar-refractivity contribution in [3.8, 4) is 0 Å². The number of likely N-dealkylation sites (N-methyl/N-ethyl adjacent to an activating group) is 1. The summed E-state index contributed by atoms with van der Waals surface area (Å²) in [5.41, 5.74) is 0.653. The molecule has 7 heteroatoms. The number of piperidine rings is 1. The Hall–Kier alpha value is -1.99. The van der Waals surface area contributed by atoms with Crippen LogP contribution in [-0.2, 0) is 9.59 Å². The maximum Gasteiger partial charge on any atom is 0.323 e. The molecule has 0 radical (unpaired) electrons. The second-order valence-electron chi connectivity index (χ2n) is 6.81. The molecular weight excluding hydrogens is 325 g/mol. The summed E-state index contributed by atoms with van der Waals surface area (Å²) < 4.78 is 13.2. The lowest BCUT2D eigenvalue weighted by Gasteiger charge is -2.39. The number of benzene rings is 1. The van der Waals surface area contributed by atoms with Crippen molar-refractivity contribution in [2.24, 2.45) is 0 Å². The monoisotopic (exact) mass is 351 g/mol. The number of carbonyl (C=O) groups excluding carboxylic acids is 1. The Bertz CT molecular complexity index is 598. The zero-order chi connectivity index (χ0) is 18.6. The smallest absolute Gasteiger partial charge is 0.323 e. The van der Waals surface area contributed by atoms with E-state index in [1.807, 2.05) is 7.05 Å². The fourth-order valence-corrected chi connectivity index (χ4v) is 3.30. The van der Waals surface area contributed by atoms with E-state index in [0.29, 0.717) is 5.56 Å². The van der Waals surface area contributed by atoms with Crippen molar-refractivity contribution in [2.75, 3.05) is 40.8 Å². The SMILES string of the molecule is CN1CCC(N(CC(=O)O)C(=O)[C@H](c2ccc(F)cc2)N(C)C)CC1. The Morgan fingerprint density at radius 1 is 1.24 bits per heavy atom. The van der Waals surface area contributed by atoms with Crippen molar-refractivity contribution in [3.05, 3.63) is 35.6 Å². The number of likely N-dealkylation sites (tertiary alicyclic amines) is 1. The van der Waals surface area contributed by atoms with Gasteiger partial charge >= 0.3 is 5.97 Å². The van der Waals surface area contributed by atoms with Crippen LogP contribution in [0.4, 0.5) is 4.39 Å². The number of amides is 1. The van der Waals surface area contributed by atoms with Crippen molar-refractivity contribution >= 4 is 11.9 Å². The van der Waals surface area contributed by atoms with Crippen LogP contribution in [0, 0.1) is 5.82 Å². The average Bonchev–Trinajstić information content (AvgIpc) is 2.55. The van der Waals surface area contributed by atoms with Crippen molar-refractivity contribution in [3.63, 3.8) is 0 Å². The molecule has 1 atom stereocenters. The van der Waals surface area contributed by atoms with Gasteiger partial charge in [-0.25, -0.2) is 4.39 Å². The number of carboxylic acid groups (broad SMARTS) is 1. The summed E-state index contributed by atoms with van der Waals surface area (Å²) in [6, 6.07) is 5.05. The van der Waals surface area contributed by atoms with E-state index in [9.17, 15) is 19.1 Å². The molecule has 138 valence electrons. The Kier molecular flexibility index (Phi) is 6.50. The van der Waals surface area contributed by atoms with Crippen LogP contribution in [0.1, 0.15) is 24.4 Å². The number of halogens is 1. The van der Waals surface area contributed by atoms with Gasteiger partial charge in [0.2, 0.25) is 5.91 Å². The van der Waals surface area contributed by atoms with Gasteiger partial charge in [-0.3, -0.25) is 14.5 Å². The molecule has 1 aromatic rings. The van der Waals surface area contributed by atoms with Crippen LogP contribution in [0.25, 0.3) is 0 Å². The van der Waals surface area contributed by atoms with Crippen LogP contribution >= 0.6 is 0 Å². The van der Waals surface area contributed by atoms with E-state index in [-0.39, 0.29) is 24.3 Å². The molecule has 0 unspecified atom stereocenters. The van der Waals surface area contributed by atoms with Gasteiger partial charge in [-0.05, 0) is 64.8 Å². The topological polar surface area (TPSA) is 64.1 Å². The predicted molar refractivity (Wildman–Crippen MR) is 92.7 cm³/mol. The van der Waals surface area contributed by atoms with E-state index in [0.717, 1.165) is 25.9 Å². The normalized spacial score (nSPS) is 17.5. The zero-order valence-electron chi connectivity index (χ0n) is 15.0. The number of rotatable bonds is 6. The third-order valence-corrected chi connectivity index (χ3v) is 4.65. The maximum atomic E-state index is 13.2. The lowest BCUT2D eigenvalue weighted by molar-refractivity contribution is -0.149. The summed E-state index contributed by atoms with van der Waals surface area (Å²) in [6.45, 7) is 1.34. The zero-order valence-corrected chi connectivity index (χ0v) is 15.0. The van der Waals surface area contributed by atoms with Gasteiger partial charge in [0, 0.05) is 6.04 Å². The molecule has 1 aliphatic rings. The molecule has 1 heterocycles. The standard InChI is InChI=1S/C18H26FN3O3/c1-20(2)17(13-4-6-14(19)7-5-13)18(25)22(12-16(23)24)15-8-10-21(3)11-9-15/h4-7,15,17H,8-12H2,1-3H3,(H,23,24)/t17-/m0/s1. The number of hydrogen-bond acceptors (Lipinski definition) is 4. The molecule has 1 N–H and O–H groups in total. The summed E-state index contributed by atoms with van der Waals surface area (Å²) in [4.78, 5) is 29.9. The highest BCUT2D eigenvalue weighted by Gasteiger charge is 2.34. The molecule has 0 aliphatic carbocycles. The molecular formula is C18H26FN3O3. The second kappa shape index (κ2) is 8.40. The summed E-state index contributed by atoms with van der Waals surface area (Å²) in [7, 11) is 5.54. The van der Waals surface area contributed by atoms with E-state index >= 15 is 0 Å². The van der Waals surface area contributed by atoms with Gasteiger partial charge in [-0.15, -0.1) is 0 Å². The highest BCUT2D eigenvalue weighted by atomic mass is 19.1. The Morgan fingerprint density at radius 2 is 1.80 bits per heavy atom. The molecule has 6 nitrogen and oxygen atoms in total. The molecule has 1 amide bonds. The minimum absolute atomic E-state index is 0.0947. The van der Waals surface area contributed by atoms with Gasteiger partial charge in [0.15, 0.2) is 0 Å². The average molecular weight is 351 g/mol. The first-order chi connectivity index (χ1) is 11.8. The van der Waals surface area contributed by atoms with E-state index in [1.165, 1.54) is 17.0 Å². The summed E-state index contributed by atoms with van der Waals surface area (Å²) in [6.07, 6.45) is 1.50. The first kappa shape index (κ1) is 19.3.